The topological polar surface area (TPSA) is 38.8 Å². The molecule has 1 fully saturated rings. The van der Waals surface area contributed by atoms with Gasteiger partial charge in [-0.2, -0.15) is 0 Å². The summed E-state index contributed by atoms with van der Waals surface area (Å²) >= 11 is 0. The molecule has 0 spiro atoms. The lowest BCUT2D eigenvalue weighted by molar-refractivity contribution is 0.0653. The van der Waals surface area contributed by atoms with E-state index in [-0.39, 0.29) is 12.0 Å². The number of rotatable bonds is 8. The average Bonchev–Trinajstić information content (AvgIpc) is 3.21. The van der Waals surface area contributed by atoms with Crippen LogP contribution < -0.4 is 4.74 Å². The predicted octanol–water partition coefficient (Wildman–Crippen LogP) is 3.95. The summed E-state index contributed by atoms with van der Waals surface area (Å²) in [6, 6.07) is 17.8. The molecule has 26 heavy (non-hydrogen) atoms. The highest BCUT2D eigenvalue weighted by Gasteiger charge is 2.20. The molecule has 0 N–H and O–H groups in total. The van der Waals surface area contributed by atoms with Crippen LogP contribution in [-0.2, 0) is 11.2 Å². The summed E-state index contributed by atoms with van der Waals surface area (Å²) < 4.78 is 11.5. The van der Waals surface area contributed by atoms with Gasteiger partial charge in [-0.1, -0.05) is 42.5 Å². The predicted molar refractivity (Wildman–Crippen MR) is 103 cm³/mol. The molecule has 1 amide bonds. The Kier molecular flexibility index (Phi) is 6.67. The van der Waals surface area contributed by atoms with Gasteiger partial charge >= 0.3 is 0 Å². The van der Waals surface area contributed by atoms with E-state index in [0.717, 1.165) is 25.9 Å². The van der Waals surface area contributed by atoms with Crippen molar-refractivity contribution in [3.63, 3.8) is 0 Å². The standard InChI is InChI=1S/C22H27NO3/c1-2-23(15-14-18-9-4-3-5-10-18)22(24)20-12-6-7-13-21(20)26-17-19-11-8-16-25-19/h3-7,9-10,12-13,19H,2,8,11,14-17H2,1H3. The third-order valence-electron chi connectivity index (χ3n) is 4.75. The van der Waals surface area contributed by atoms with Crippen LogP contribution in [0, 0.1) is 0 Å². The summed E-state index contributed by atoms with van der Waals surface area (Å²) in [6.45, 7) is 4.68. The number of likely N-dealkylation sites (N-methyl/N-ethyl adjacent to an activating group) is 1. The lowest BCUT2D eigenvalue weighted by Gasteiger charge is -2.22. The normalized spacial score (nSPS) is 16.4. The zero-order valence-corrected chi connectivity index (χ0v) is 15.4. The van der Waals surface area contributed by atoms with Crippen molar-refractivity contribution in [3.8, 4) is 5.75 Å². The molecule has 1 aliphatic rings. The number of hydrogen-bond donors (Lipinski definition) is 0. The molecule has 0 aliphatic carbocycles. The van der Waals surface area contributed by atoms with Gasteiger partial charge in [0.15, 0.2) is 0 Å². The van der Waals surface area contributed by atoms with Crippen LogP contribution >= 0.6 is 0 Å². The maximum absolute atomic E-state index is 13.0. The first-order chi connectivity index (χ1) is 12.8. The summed E-state index contributed by atoms with van der Waals surface area (Å²) in [5.74, 6) is 0.664. The Hall–Kier alpha value is -2.33. The van der Waals surface area contributed by atoms with Gasteiger partial charge in [0.2, 0.25) is 0 Å². The molecule has 4 heteroatoms. The number of ether oxygens (including phenoxy) is 2. The number of amides is 1. The largest absolute Gasteiger partial charge is 0.490 e. The monoisotopic (exact) mass is 353 g/mol. The van der Waals surface area contributed by atoms with Gasteiger partial charge in [0.05, 0.1) is 11.7 Å². The Morgan fingerprint density at radius 1 is 1.15 bits per heavy atom. The Balaban J connectivity index is 1.64. The smallest absolute Gasteiger partial charge is 0.257 e. The van der Waals surface area contributed by atoms with E-state index < -0.39 is 0 Å². The minimum absolute atomic E-state index is 0.0198. The van der Waals surface area contributed by atoms with Crippen LogP contribution in [0.5, 0.6) is 5.75 Å². The van der Waals surface area contributed by atoms with Crippen molar-refractivity contribution in [1.29, 1.82) is 0 Å². The fourth-order valence-electron chi connectivity index (χ4n) is 3.21. The van der Waals surface area contributed by atoms with Gasteiger partial charge in [-0.15, -0.1) is 0 Å². The molecule has 0 radical (unpaired) electrons. The van der Waals surface area contributed by atoms with Crippen molar-refractivity contribution in [2.24, 2.45) is 0 Å². The first-order valence-electron chi connectivity index (χ1n) is 9.44. The van der Waals surface area contributed by atoms with Crippen molar-refractivity contribution < 1.29 is 14.3 Å². The van der Waals surface area contributed by atoms with Crippen molar-refractivity contribution in [3.05, 3.63) is 65.7 Å². The van der Waals surface area contributed by atoms with Crippen molar-refractivity contribution in [2.75, 3.05) is 26.3 Å². The van der Waals surface area contributed by atoms with E-state index in [1.54, 1.807) is 0 Å². The minimum Gasteiger partial charge on any atom is -0.490 e. The van der Waals surface area contributed by atoms with Crippen LogP contribution in [0.3, 0.4) is 0 Å². The number of benzene rings is 2. The molecular weight excluding hydrogens is 326 g/mol. The number of carbonyl (C=O) groups is 1. The van der Waals surface area contributed by atoms with Crippen LogP contribution in [0.2, 0.25) is 0 Å². The van der Waals surface area contributed by atoms with E-state index in [0.29, 0.717) is 31.0 Å². The molecule has 1 atom stereocenters. The Morgan fingerprint density at radius 2 is 1.92 bits per heavy atom. The van der Waals surface area contributed by atoms with E-state index >= 15 is 0 Å². The zero-order valence-electron chi connectivity index (χ0n) is 15.4. The molecule has 0 bridgehead atoms. The van der Waals surface area contributed by atoms with Crippen molar-refractivity contribution >= 4 is 5.91 Å². The summed E-state index contributed by atoms with van der Waals surface area (Å²) in [7, 11) is 0. The van der Waals surface area contributed by atoms with Gasteiger partial charge in [0, 0.05) is 19.7 Å². The lowest BCUT2D eigenvalue weighted by Crippen LogP contribution is -2.33. The van der Waals surface area contributed by atoms with Crippen LogP contribution in [0.25, 0.3) is 0 Å². The Morgan fingerprint density at radius 3 is 2.65 bits per heavy atom. The molecule has 1 unspecified atom stereocenters. The quantitative estimate of drug-likeness (QED) is 0.721. The maximum Gasteiger partial charge on any atom is 0.257 e. The van der Waals surface area contributed by atoms with E-state index in [4.69, 9.17) is 9.47 Å². The zero-order chi connectivity index (χ0) is 18.2. The van der Waals surface area contributed by atoms with Crippen molar-refractivity contribution in [2.45, 2.75) is 32.3 Å². The molecule has 1 aliphatic heterocycles. The summed E-state index contributed by atoms with van der Waals surface area (Å²) in [4.78, 5) is 14.9. The first-order valence-corrected chi connectivity index (χ1v) is 9.44. The summed E-state index contributed by atoms with van der Waals surface area (Å²) in [5.41, 5.74) is 1.86. The van der Waals surface area contributed by atoms with Crippen LogP contribution in [0.15, 0.2) is 54.6 Å². The maximum atomic E-state index is 13.0. The fraction of sp³-hybridized carbons (Fsp3) is 0.409. The number of carbonyl (C=O) groups excluding carboxylic acids is 1. The Bertz CT molecular complexity index is 696. The van der Waals surface area contributed by atoms with Crippen LogP contribution in [0.4, 0.5) is 0 Å². The molecule has 3 rings (SSSR count). The van der Waals surface area contributed by atoms with E-state index in [1.807, 2.05) is 54.3 Å². The highest BCUT2D eigenvalue weighted by Crippen LogP contribution is 2.22. The molecule has 0 saturated carbocycles. The minimum atomic E-state index is 0.0198. The van der Waals surface area contributed by atoms with Gasteiger partial charge in [-0.3, -0.25) is 4.79 Å². The van der Waals surface area contributed by atoms with Gasteiger partial charge < -0.3 is 14.4 Å². The second-order valence-corrected chi connectivity index (χ2v) is 6.56. The highest BCUT2D eigenvalue weighted by atomic mass is 16.5. The van der Waals surface area contributed by atoms with Gasteiger partial charge in [0.1, 0.15) is 12.4 Å². The molecule has 2 aromatic carbocycles. The SMILES string of the molecule is CCN(CCc1ccccc1)C(=O)c1ccccc1OCC1CCCO1. The van der Waals surface area contributed by atoms with Crippen molar-refractivity contribution in [1.82, 2.24) is 4.90 Å². The molecule has 0 aromatic heterocycles. The van der Waals surface area contributed by atoms with Gasteiger partial charge in [-0.05, 0) is 43.9 Å². The number of para-hydroxylation sites is 1. The average molecular weight is 353 g/mol. The van der Waals surface area contributed by atoms with E-state index in [1.165, 1.54) is 5.56 Å². The number of hydrogen-bond acceptors (Lipinski definition) is 3. The molecular formula is C22H27NO3. The third-order valence-corrected chi connectivity index (χ3v) is 4.75. The van der Waals surface area contributed by atoms with E-state index in [9.17, 15) is 4.79 Å². The second kappa shape index (κ2) is 9.39. The molecule has 1 heterocycles. The number of nitrogens with zero attached hydrogens (tertiary/aromatic N) is 1. The first kappa shape index (κ1) is 18.5. The molecule has 138 valence electrons. The molecule has 4 nitrogen and oxygen atoms in total. The summed E-state index contributed by atoms with van der Waals surface area (Å²) in [6.07, 6.45) is 3.09. The Labute approximate surface area is 155 Å². The van der Waals surface area contributed by atoms with Crippen LogP contribution in [-0.4, -0.2) is 43.2 Å². The second-order valence-electron chi connectivity index (χ2n) is 6.56. The molecule has 1 saturated heterocycles. The third kappa shape index (κ3) is 4.85. The molecule has 2 aromatic rings. The van der Waals surface area contributed by atoms with Gasteiger partial charge in [-0.25, -0.2) is 0 Å². The summed E-state index contributed by atoms with van der Waals surface area (Å²) in [5, 5.41) is 0. The van der Waals surface area contributed by atoms with Crippen LogP contribution in [0.1, 0.15) is 35.7 Å². The van der Waals surface area contributed by atoms with E-state index in [2.05, 4.69) is 12.1 Å². The lowest BCUT2D eigenvalue weighted by atomic mass is 10.1. The highest BCUT2D eigenvalue weighted by molar-refractivity contribution is 5.96. The van der Waals surface area contributed by atoms with Gasteiger partial charge in [0.25, 0.3) is 5.91 Å². The fourth-order valence-corrected chi connectivity index (χ4v) is 3.21.